The van der Waals surface area contributed by atoms with Crippen molar-refractivity contribution in [3.05, 3.63) is 71.4 Å². The first-order valence-electron chi connectivity index (χ1n) is 7.86. The van der Waals surface area contributed by atoms with E-state index in [9.17, 15) is 23.1 Å². The van der Waals surface area contributed by atoms with Crippen LogP contribution in [0.15, 0.2) is 54.7 Å². The van der Waals surface area contributed by atoms with Crippen molar-refractivity contribution in [2.24, 2.45) is 5.73 Å². The highest BCUT2D eigenvalue weighted by Crippen LogP contribution is 2.40. The van der Waals surface area contributed by atoms with E-state index in [2.05, 4.69) is 4.98 Å². The Hall–Kier alpha value is -3.29. The third-order valence-electron chi connectivity index (χ3n) is 4.33. The lowest BCUT2D eigenvalue weighted by molar-refractivity contribution is -0.137. The van der Waals surface area contributed by atoms with E-state index in [-0.39, 0.29) is 16.8 Å². The average molecular weight is 376 g/mol. The molecule has 1 unspecified atom stereocenters. The molecule has 0 saturated heterocycles. The van der Waals surface area contributed by atoms with E-state index < -0.39 is 23.4 Å². The van der Waals surface area contributed by atoms with Crippen molar-refractivity contribution in [2.75, 3.05) is 0 Å². The van der Waals surface area contributed by atoms with Crippen molar-refractivity contribution in [3.63, 3.8) is 0 Å². The van der Waals surface area contributed by atoms with Crippen LogP contribution in [0.4, 0.5) is 18.0 Å². The number of benzene rings is 2. The molecule has 5 nitrogen and oxygen atoms in total. The molecule has 0 radical (unpaired) electrons. The summed E-state index contributed by atoms with van der Waals surface area (Å²) in [5.41, 5.74) is 3.86. The number of carbonyl (C=O) groups excluding carboxylic acids is 1. The topological polar surface area (TPSA) is 85.4 Å². The molecule has 2 aromatic carbocycles. The van der Waals surface area contributed by atoms with Crippen molar-refractivity contribution in [1.29, 1.82) is 0 Å². The molecule has 1 atom stereocenters. The second kappa shape index (κ2) is 6.46. The van der Waals surface area contributed by atoms with Gasteiger partial charge in [-0.15, -0.1) is 0 Å². The van der Waals surface area contributed by atoms with Crippen molar-refractivity contribution >= 4 is 17.0 Å². The summed E-state index contributed by atoms with van der Waals surface area (Å²) in [6, 6.07) is 10.4. The molecule has 0 aliphatic heterocycles. The van der Waals surface area contributed by atoms with Gasteiger partial charge in [-0.05, 0) is 36.8 Å². The van der Waals surface area contributed by atoms with Gasteiger partial charge in [-0.1, -0.05) is 24.3 Å². The predicted molar refractivity (Wildman–Crippen MR) is 92.0 cm³/mol. The van der Waals surface area contributed by atoms with Crippen LogP contribution in [0.5, 0.6) is 5.75 Å². The standard InChI is InChI=1S/C19H15F3N2O3/c1-18(27-17(23)26,11-4-6-12(7-5-11)19(20,21)22)14-8-9-15(25)16-13(14)3-2-10-24-16/h2-10,25H,1H3,(H2,23,26). The molecule has 0 saturated carbocycles. The van der Waals surface area contributed by atoms with E-state index in [4.69, 9.17) is 10.5 Å². The van der Waals surface area contributed by atoms with Crippen LogP contribution in [0.2, 0.25) is 0 Å². The number of aromatic hydroxyl groups is 1. The number of alkyl halides is 3. The molecule has 1 amide bonds. The van der Waals surface area contributed by atoms with Gasteiger partial charge in [0.1, 0.15) is 11.3 Å². The molecule has 27 heavy (non-hydrogen) atoms. The molecule has 0 aliphatic rings. The Morgan fingerprint density at radius 1 is 1.07 bits per heavy atom. The molecule has 1 aromatic heterocycles. The van der Waals surface area contributed by atoms with Crippen LogP contribution in [0, 0.1) is 0 Å². The first kappa shape index (κ1) is 18.5. The SMILES string of the molecule is CC(OC(N)=O)(c1ccc(C(F)(F)F)cc1)c1ccc(O)c2ncccc12. The summed E-state index contributed by atoms with van der Waals surface area (Å²) < 4.78 is 43.9. The fourth-order valence-corrected chi connectivity index (χ4v) is 3.02. The van der Waals surface area contributed by atoms with Crippen molar-refractivity contribution in [1.82, 2.24) is 4.98 Å². The summed E-state index contributed by atoms with van der Waals surface area (Å²) in [5.74, 6) is -0.0804. The number of fused-ring (bicyclic) bond motifs is 1. The molecular formula is C19H15F3N2O3. The molecule has 3 rings (SSSR count). The maximum atomic E-state index is 12.9. The van der Waals surface area contributed by atoms with E-state index in [1.807, 2.05) is 0 Å². The zero-order chi connectivity index (χ0) is 19.8. The third-order valence-corrected chi connectivity index (χ3v) is 4.33. The quantitative estimate of drug-likeness (QED) is 0.713. The minimum absolute atomic E-state index is 0.0804. The number of aromatic nitrogens is 1. The highest BCUT2D eigenvalue weighted by Gasteiger charge is 2.36. The number of phenols is 1. The zero-order valence-corrected chi connectivity index (χ0v) is 14.1. The number of nitrogens with zero attached hydrogens (tertiary/aromatic N) is 1. The van der Waals surface area contributed by atoms with Gasteiger partial charge >= 0.3 is 12.3 Å². The van der Waals surface area contributed by atoms with Gasteiger partial charge in [0, 0.05) is 17.1 Å². The van der Waals surface area contributed by atoms with E-state index in [1.165, 1.54) is 37.4 Å². The number of rotatable bonds is 3. The lowest BCUT2D eigenvalue weighted by atomic mass is 9.85. The Balaban J connectivity index is 2.23. The van der Waals surface area contributed by atoms with Crippen LogP contribution < -0.4 is 5.73 Å². The minimum atomic E-state index is -4.49. The number of carbonyl (C=O) groups is 1. The van der Waals surface area contributed by atoms with E-state index in [1.54, 1.807) is 12.1 Å². The van der Waals surface area contributed by atoms with Gasteiger partial charge in [-0.2, -0.15) is 13.2 Å². The highest BCUT2D eigenvalue weighted by atomic mass is 19.4. The first-order chi connectivity index (χ1) is 12.6. The summed E-state index contributed by atoms with van der Waals surface area (Å²) in [6.45, 7) is 1.51. The second-order valence-electron chi connectivity index (χ2n) is 6.06. The van der Waals surface area contributed by atoms with E-state index in [0.29, 0.717) is 10.9 Å². The Bertz CT molecular complexity index is 1000. The number of pyridine rings is 1. The molecule has 1 heterocycles. The summed E-state index contributed by atoms with van der Waals surface area (Å²) in [5, 5.41) is 10.5. The lowest BCUT2D eigenvalue weighted by Gasteiger charge is -2.31. The number of primary amides is 1. The van der Waals surface area contributed by atoms with Crippen molar-refractivity contribution in [2.45, 2.75) is 18.7 Å². The van der Waals surface area contributed by atoms with Gasteiger partial charge in [-0.3, -0.25) is 4.98 Å². The molecule has 0 aliphatic carbocycles. The van der Waals surface area contributed by atoms with Crippen LogP contribution in [-0.2, 0) is 16.5 Å². The van der Waals surface area contributed by atoms with Crippen LogP contribution in [0.3, 0.4) is 0 Å². The molecule has 140 valence electrons. The second-order valence-corrected chi connectivity index (χ2v) is 6.06. The van der Waals surface area contributed by atoms with Crippen LogP contribution in [-0.4, -0.2) is 16.2 Å². The summed E-state index contributed by atoms with van der Waals surface area (Å²) in [4.78, 5) is 15.6. The predicted octanol–water partition coefficient (Wildman–Crippen LogP) is 4.32. The molecule has 0 bridgehead atoms. The molecule has 3 aromatic rings. The zero-order valence-electron chi connectivity index (χ0n) is 14.1. The van der Waals surface area contributed by atoms with E-state index >= 15 is 0 Å². The van der Waals surface area contributed by atoms with Gasteiger partial charge in [0.15, 0.2) is 5.60 Å². The number of ether oxygens (including phenoxy) is 1. The van der Waals surface area contributed by atoms with Crippen LogP contribution >= 0.6 is 0 Å². The number of nitrogens with two attached hydrogens (primary N) is 1. The lowest BCUT2D eigenvalue weighted by Crippen LogP contribution is -2.33. The monoisotopic (exact) mass is 376 g/mol. The third kappa shape index (κ3) is 3.38. The summed E-state index contributed by atoms with van der Waals surface area (Å²) >= 11 is 0. The molecule has 0 spiro atoms. The van der Waals surface area contributed by atoms with Gasteiger partial charge < -0.3 is 15.6 Å². The fourth-order valence-electron chi connectivity index (χ4n) is 3.02. The summed E-state index contributed by atoms with van der Waals surface area (Å²) in [7, 11) is 0. The van der Waals surface area contributed by atoms with E-state index in [0.717, 1.165) is 12.1 Å². The normalized spacial score (nSPS) is 13.9. The number of hydrogen-bond acceptors (Lipinski definition) is 4. The Labute approximate surface area is 152 Å². The summed E-state index contributed by atoms with van der Waals surface area (Å²) in [6.07, 6.45) is -4.10. The minimum Gasteiger partial charge on any atom is -0.506 e. The Kier molecular flexibility index (Phi) is 4.43. The van der Waals surface area contributed by atoms with Gasteiger partial charge in [0.2, 0.25) is 0 Å². The first-order valence-corrected chi connectivity index (χ1v) is 7.86. The van der Waals surface area contributed by atoms with Crippen molar-refractivity contribution < 1.29 is 27.8 Å². The largest absolute Gasteiger partial charge is 0.506 e. The number of phenolic OH excluding ortho intramolecular Hbond substituents is 1. The highest BCUT2D eigenvalue weighted by molar-refractivity contribution is 5.88. The van der Waals surface area contributed by atoms with Crippen LogP contribution in [0.1, 0.15) is 23.6 Å². The fraction of sp³-hybridized carbons (Fsp3) is 0.158. The van der Waals surface area contributed by atoms with Gasteiger partial charge in [0.05, 0.1) is 5.56 Å². The Morgan fingerprint density at radius 2 is 1.70 bits per heavy atom. The van der Waals surface area contributed by atoms with Gasteiger partial charge in [-0.25, -0.2) is 4.79 Å². The maximum Gasteiger partial charge on any atom is 0.416 e. The maximum absolute atomic E-state index is 12.9. The molecule has 8 heteroatoms. The van der Waals surface area contributed by atoms with Crippen molar-refractivity contribution in [3.8, 4) is 5.75 Å². The average Bonchev–Trinajstić information content (AvgIpc) is 2.61. The molecular weight excluding hydrogens is 361 g/mol. The smallest absolute Gasteiger partial charge is 0.416 e. The van der Waals surface area contributed by atoms with Gasteiger partial charge in [0.25, 0.3) is 0 Å². The Morgan fingerprint density at radius 3 is 2.30 bits per heavy atom. The number of halogens is 3. The number of amides is 1. The molecule has 3 N–H and O–H groups in total. The number of hydrogen-bond donors (Lipinski definition) is 2. The van der Waals surface area contributed by atoms with Crippen LogP contribution in [0.25, 0.3) is 10.9 Å². The molecule has 0 fully saturated rings.